The van der Waals surface area contributed by atoms with Gasteiger partial charge in [-0.3, -0.25) is 0 Å². The van der Waals surface area contributed by atoms with Gasteiger partial charge in [-0.25, -0.2) is 0 Å². The summed E-state index contributed by atoms with van der Waals surface area (Å²) in [6.07, 6.45) is 9.33. The summed E-state index contributed by atoms with van der Waals surface area (Å²) in [7, 11) is -3.82. The molecule has 0 saturated heterocycles. The molecule has 6 heteroatoms. The van der Waals surface area contributed by atoms with Crippen LogP contribution >= 0.6 is 0 Å². The van der Waals surface area contributed by atoms with Crippen molar-refractivity contribution in [1.29, 1.82) is 0 Å². The van der Waals surface area contributed by atoms with E-state index in [1.54, 1.807) is 0 Å². The molecule has 0 aromatic heterocycles. The first kappa shape index (κ1) is 22.3. The van der Waals surface area contributed by atoms with Crippen molar-refractivity contribution in [2.45, 2.75) is 85.2 Å². The van der Waals surface area contributed by atoms with Crippen molar-refractivity contribution in [3.63, 3.8) is 0 Å². The molecule has 4 nitrogen and oxygen atoms in total. The van der Waals surface area contributed by atoms with Crippen molar-refractivity contribution in [3.8, 4) is 0 Å². The fourth-order valence-electron chi connectivity index (χ4n) is 2.34. The van der Waals surface area contributed by atoms with Gasteiger partial charge < -0.3 is 17.4 Å². The van der Waals surface area contributed by atoms with Crippen LogP contribution in [0.4, 0.5) is 0 Å². The van der Waals surface area contributed by atoms with E-state index in [2.05, 4.69) is 13.5 Å². The molecule has 0 bridgehead atoms. The van der Waals surface area contributed by atoms with E-state index in [0.717, 1.165) is 6.04 Å². The predicted molar refractivity (Wildman–Crippen MR) is 96.1 cm³/mol. The Morgan fingerprint density at radius 1 is 0.682 bits per heavy atom. The van der Waals surface area contributed by atoms with Gasteiger partial charge >= 0.3 is 9.05 Å². The molecule has 22 heavy (non-hydrogen) atoms. The molecule has 0 aliphatic carbocycles. The second-order valence-electron chi connectivity index (χ2n) is 5.47. The smallest absolute Gasteiger partial charge is 0.394 e. The van der Waals surface area contributed by atoms with Crippen LogP contribution in [0.15, 0.2) is 0 Å². The van der Waals surface area contributed by atoms with Gasteiger partial charge in [-0.15, -0.1) is 0 Å². The number of unbranched alkanes of at least 4 members (excludes halogenated alkanes) is 6. The lowest BCUT2D eigenvalue weighted by molar-refractivity contribution is 0.00885. The van der Waals surface area contributed by atoms with Crippen LogP contribution in [-0.4, -0.2) is 37.9 Å². The lowest BCUT2D eigenvalue weighted by Crippen LogP contribution is -2.52. The number of hydrogen-bond acceptors (Lipinski definition) is 4. The van der Waals surface area contributed by atoms with Gasteiger partial charge in [0.05, 0.1) is 0 Å². The molecule has 0 rings (SSSR count). The zero-order chi connectivity index (χ0) is 16.7. The summed E-state index contributed by atoms with van der Waals surface area (Å²) in [6.45, 7) is 12.0. The van der Waals surface area contributed by atoms with E-state index in [9.17, 15) is 0 Å². The molecule has 0 spiro atoms. The van der Waals surface area contributed by atoms with Crippen LogP contribution in [0.3, 0.4) is 0 Å². The Labute approximate surface area is 141 Å². The van der Waals surface area contributed by atoms with E-state index in [-0.39, 0.29) is 0 Å². The van der Waals surface area contributed by atoms with Gasteiger partial charge in [0.2, 0.25) is 9.04 Å². The normalized spacial score (nSPS) is 12.3. The molecule has 133 valence electrons. The molecule has 0 amide bonds. The third-order valence-electron chi connectivity index (χ3n) is 3.39. The van der Waals surface area contributed by atoms with E-state index in [1.165, 1.54) is 44.9 Å². The predicted octanol–water partition coefficient (Wildman–Crippen LogP) is 4.92. The first-order chi connectivity index (χ1) is 10.6. The Balaban J connectivity index is 4.02. The topological polar surface area (TPSA) is 36.9 Å². The summed E-state index contributed by atoms with van der Waals surface area (Å²) < 4.78 is 23.4. The number of rotatable bonds is 16. The molecule has 0 aliphatic rings. The molecule has 0 aromatic carbocycles. The van der Waals surface area contributed by atoms with Crippen molar-refractivity contribution in [3.05, 3.63) is 0 Å². The fraction of sp³-hybridized carbons (Fsp3) is 1.00. The van der Waals surface area contributed by atoms with Gasteiger partial charge in [-0.1, -0.05) is 51.9 Å². The fourth-order valence-corrected chi connectivity index (χ4v) is 7.22. The zero-order valence-corrected chi connectivity index (χ0v) is 17.4. The van der Waals surface area contributed by atoms with E-state index in [0.29, 0.717) is 19.8 Å². The maximum absolute atomic E-state index is 6.18. The maximum atomic E-state index is 6.18. The highest BCUT2D eigenvalue weighted by Crippen LogP contribution is 2.17. The lowest BCUT2D eigenvalue weighted by Gasteiger charge is -2.29. The van der Waals surface area contributed by atoms with Crippen molar-refractivity contribution < 1.29 is 17.4 Å². The molecule has 0 aromatic rings. The maximum Gasteiger partial charge on any atom is 0.668 e. The SMILES string of the molecule is CCCCCCCCC[Si](C)O[Si](OCC)(OCC)OCC. The Kier molecular flexibility index (Phi) is 15.0. The van der Waals surface area contributed by atoms with Crippen LogP contribution < -0.4 is 0 Å². The quantitative estimate of drug-likeness (QED) is 0.293. The average Bonchev–Trinajstić information content (AvgIpc) is 2.47. The van der Waals surface area contributed by atoms with Gasteiger partial charge in [0.15, 0.2) is 0 Å². The van der Waals surface area contributed by atoms with Crippen molar-refractivity contribution in [2.24, 2.45) is 0 Å². The second-order valence-corrected chi connectivity index (χ2v) is 10.1. The summed E-state index contributed by atoms with van der Waals surface area (Å²) in [6, 6.07) is 1.14. The summed E-state index contributed by atoms with van der Waals surface area (Å²) in [5, 5.41) is 0. The van der Waals surface area contributed by atoms with Crippen LogP contribution in [0.1, 0.15) is 72.6 Å². The van der Waals surface area contributed by atoms with Crippen LogP contribution in [0.2, 0.25) is 12.6 Å². The molecular weight excluding hydrogens is 312 g/mol. The number of hydrogen-bond donors (Lipinski definition) is 0. The van der Waals surface area contributed by atoms with Crippen molar-refractivity contribution in [2.75, 3.05) is 19.8 Å². The van der Waals surface area contributed by atoms with Crippen LogP contribution in [0, 0.1) is 0 Å². The average molecular weight is 350 g/mol. The van der Waals surface area contributed by atoms with E-state index in [4.69, 9.17) is 17.4 Å². The third-order valence-corrected chi connectivity index (χ3v) is 8.77. The van der Waals surface area contributed by atoms with Gasteiger partial charge in [0, 0.05) is 19.8 Å². The minimum atomic E-state index is -2.90. The third kappa shape index (κ3) is 10.9. The van der Waals surface area contributed by atoms with E-state index < -0.39 is 18.1 Å². The first-order valence-corrected chi connectivity index (χ1v) is 12.8. The molecular formula is C16H37O4Si2. The van der Waals surface area contributed by atoms with E-state index >= 15 is 0 Å². The minimum Gasteiger partial charge on any atom is -0.394 e. The van der Waals surface area contributed by atoms with Gasteiger partial charge in [0.25, 0.3) is 0 Å². The van der Waals surface area contributed by atoms with Crippen LogP contribution in [0.25, 0.3) is 0 Å². The Bertz CT molecular complexity index is 225. The molecule has 0 saturated carbocycles. The minimum absolute atomic E-state index is 0.568. The Morgan fingerprint density at radius 3 is 1.59 bits per heavy atom. The standard InChI is InChI=1S/C16H37O4Si2/c1-6-10-11-12-13-14-15-16-21(5)20-22(17-7-2,18-8-3)19-9-4/h6-16H2,1-5H3. The van der Waals surface area contributed by atoms with Crippen LogP contribution in [-0.2, 0) is 17.4 Å². The molecule has 1 radical (unpaired) electrons. The highest BCUT2D eigenvalue weighted by Gasteiger charge is 2.45. The monoisotopic (exact) mass is 349 g/mol. The molecule has 0 unspecified atom stereocenters. The van der Waals surface area contributed by atoms with Crippen LogP contribution in [0.5, 0.6) is 0 Å². The highest BCUT2D eigenvalue weighted by molar-refractivity contribution is 6.66. The Hall–Kier alpha value is 0.274. The van der Waals surface area contributed by atoms with Gasteiger partial charge in [-0.05, 0) is 33.4 Å². The van der Waals surface area contributed by atoms with Crippen molar-refractivity contribution in [1.82, 2.24) is 0 Å². The lowest BCUT2D eigenvalue weighted by atomic mass is 10.1. The summed E-state index contributed by atoms with van der Waals surface area (Å²) in [5.41, 5.74) is 0. The van der Waals surface area contributed by atoms with Crippen molar-refractivity contribution >= 4 is 18.1 Å². The first-order valence-electron chi connectivity index (χ1n) is 9.07. The molecule has 0 atom stereocenters. The Morgan fingerprint density at radius 2 is 1.14 bits per heavy atom. The summed E-state index contributed by atoms with van der Waals surface area (Å²) in [4.78, 5) is 0. The summed E-state index contributed by atoms with van der Waals surface area (Å²) >= 11 is 0. The second kappa shape index (κ2) is 14.8. The molecule has 0 aliphatic heterocycles. The van der Waals surface area contributed by atoms with Gasteiger partial charge in [0.1, 0.15) is 0 Å². The highest BCUT2D eigenvalue weighted by atomic mass is 28.4. The van der Waals surface area contributed by atoms with E-state index in [1.807, 2.05) is 20.8 Å². The molecule has 0 fully saturated rings. The molecule has 0 heterocycles. The van der Waals surface area contributed by atoms with Gasteiger partial charge in [-0.2, -0.15) is 0 Å². The molecule has 0 N–H and O–H groups in total. The largest absolute Gasteiger partial charge is 0.668 e. The summed E-state index contributed by atoms with van der Waals surface area (Å²) in [5.74, 6) is 0. The zero-order valence-electron chi connectivity index (χ0n) is 15.4.